The summed E-state index contributed by atoms with van der Waals surface area (Å²) in [6.07, 6.45) is 1.80. The van der Waals surface area contributed by atoms with Crippen LogP contribution in [0.3, 0.4) is 0 Å². The highest BCUT2D eigenvalue weighted by Crippen LogP contribution is 2.37. The number of ether oxygens (including phenoxy) is 3. The lowest BCUT2D eigenvalue weighted by Gasteiger charge is -2.21. The van der Waals surface area contributed by atoms with Crippen molar-refractivity contribution >= 4 is 39.5 Å². The maximum atomic E-state index is 12.9. The summed E-state index contributed by atoms with van der Waals surface area (Å²) in [7, 11) is 2.47. The molecule has 3 aromatic rings. The highest BCUT2D eigenvalue weighted by Gasteiger charge is 2.32. The van der Waals surface area contributed by atoms with Crippen molar-refractivity contribution in [3.05, 3.63) is 71.8 Å². The van der Waals surface area contributed by atoms with Gasteiger partial charge in [0.05, 0.1) is 37.9 Å². The van der Waals surface area contributed by atoms with Crippen molar-refractivity contribution in [3.8, 4) is 0 Å². The van der Waals surface area contributed by atoms with Crippen LogP contribution in [-0.4, -0.2) is 38.7 Å². The number of esters is 3. The predicted octanol–water partition coefficient (Wildman–Crippen LogP) is 4.79. The average molecular weight is 420 g/mol. The van der Waals surface area contributed by atoms with Crippen LogP contribution in [0.1, 0.15) is 45.5 Å². The fourth-order valence-corrected chi connectivity index (χ4v) is 3.85. The first kappa shape index (κ1) is 22.0. The maximum Gasteiger partial charge on any atom is 0.339 e. The minimum absolute atomic E-state index is 0.00275. The SMILES string of the molecule is C=CCC(C(=O)OCC)c1cc2c(ccc3ccccc32)c(C(=O)OC)c1C(=O)OC. The molecule has 0 aliphatic carbocycles. The topological polar surface area (TPSA) is 78.9 Å². The molecule has 3 rings (SSSR count). The molecule has 0 aliphatic heterocycles. The Morgan fingerprint density at radius 2 is 1.61 bits per heavy atom. The zero-order valence-corrected chi connectivity index (χ0v) is 17.8. The molecule has 0 N–H and O–H groups in total. The molecule has 1 atom stereocenters. The third kappa shape index (κ3) is 4.01. The Morgan fingerprint density at radius 3 is 2.26 bits per heavy atom. The van der Waals surface area contributed by atoms with Crippen LogP contribution in [0.2, 0.25) is 0 Å². The number of hydrogen-bond donors (Lipinski definition) is 0. The molecule has 0 saturated carbocycles. The third-order valence-corrected chi connectivity index (χ3v) is 5.21. The number of allylic oxidation sites excluding steroid dienone is 1. The van der Waals surface area contributed by atoms with Crippen molar-refractivity contribution in [2.24, 2.45) is 0 Å². The number of carbonyl (C=O) groups excluding carboxylic acids is 3. The second-order valence-electron chi connectivity index (χ2n) is 6.91. The smallest absolute Gasteiger partial charge is 0.339 e. The standard InChI is InChI=1S/C25H24O6/c1-5-9-18(23(26)31-6-2)20-14-19-16-11-8-7-10-15(16)12-13-17(19)21(24(27)29-3)22(20)25(28)30-4/h5,7-8,10-14,18H,1,6,9H2,2-4H3. The third-order valence-electron chi connectivity index (χ3n) is 5.21. The van der Waals surface area contributed by atoms with Gasteiger partial charge in [0.1, 0.15) is 0 Å². The first-order chi connectivity index (χ1) is 15.0. The summed E-state index contributed by atoms with van der Waals surface area (Å²) < 4.78 is 15.3. The fourth-order valence-electron chi connectivity index (χ4n) is 3.85. The number of methoxy groups -OCH3 is 2. The van der Waals surface area contributed by atoms with E-state index in [0.717, 1.165) is 16.2 Å². The molecular formula is C25H24O6. The Bertz CT molecular complexity index is 1180. The predicted molar refractivity (Wildman–Crippen MR) is 118 cm³/mol. The van der Waals surface area contributed by atoms with E-state index in [1.54, 1.807) is 25.1 Å². The van der Waals surface area contributed by atoms with E-state index < -0.39 is 23.8 Å². The van der Waals surface area contributed by atoms with Crippen LogP contribution < -0.4 is 0 Å². The first-order valence-electron chi connectivity index (χ1n) is 9.90. The van der Waals surface area contributed by atoms with E-state index >= 15 is 0 Å². The summed E-state index contributed by atoms with van der Waals surface area (Å²) in [4.78, 5) is 38.5. The van der Waals surface area contributed by atoms with Gasteiger partial charge in [-0.3, -0.25) is 4.79 Å². The van der Waals surface area contributed by atoms with E-state index in [9.17, 15) is 14.4 Å². The van der Waals surface area contributed by atoms with Gasteiger partial charge in [0, 0.05) is 0 Å². The van der Waals surface area contributed by atoms with Crippen LogP contribution in [0, 0.1) is 0 Å². The quantitative estimate of drug-likeness (QED) is 0.237. The van der Waals surface area contributed by atoms with Gasteiger partial charge in [-0.05, 0) is 46.5 Å². The Hall–Kier alpha value is -3.67. The molecule has 31 heavy (non-hydrogen) atoms. The van der Waals surface area contributed by atoms with Crippen molar-refractivity contribution in [3.63, 3.8) is 0 Å². The van der Waals surface area contributed by atoms with Crippen molar-refractivity contribution in [1.82, 2.24) is 0 Å². The van der Waals surface area contributed by atoms with Gasteiger partial charge in [0.2, 0.25) is 0 Å². The van der Waals surface area contributed by atoms with Gasteiger partial charge in [0.25, 0.3) is 0 Å². The Labute approximate surface area is 180 Å². The summed E-state index contributed by atoms with van der Waals surface area (Å²) in [5.41, 5.74) is 0.400. The second-order valence-corrected chi connectivity index (χ2v) is 6.91. The van der Waals surface area contributed by atoms with E-state index in [0.29, 0.717) is 10.9 Å². The highest BCUT2D eigenvalue weighted by atomic mass is 16.5. The lowest BCUT2D eigenvalue weighted by molar-refractivity contribution is -0.144. The first-order valence-corrected chi connectivity index (χ1v) is 9.90. The van der Waals surface area contributed by atoms with Crippen molar-refractivity contribution < 1.29 is 28.6 Å². The normalized spacial score (nSPS) is 11.7. The summed E-state index contributed by atoms with van der Waals surface area (Å²) >= 11 is 0. The molecular weight excluding hydrogens is 396 g/mol. The molecule has 0 aromatic heterocycles. The van der Waals surface area contributed by atoms with Gasteiger partial charge in [-0.25, -0.2) is 9.59 Å². The monoisotopic (exact) mass is 420 g/mol. The molecule has 6 heteroatoms. The van der Waals surface area contributed by atoms with E-state index in [2.05, 4.69) is 6.58 Å². The van der Waals surface area contributed by atoms with Gasteiger partial charge < -0.3 is 14.2 Å². The second kappa shape index (κ2) is 9.43. The minimum atomic E-state index is -0.835. The highest BCUT2D eigenvalue weighted by molar-refractivity contribution is 6.19. The number of rotatable bonds is 7. The maximum absolute atomic E-state index is 12.9. The zero-order chi connectivity index (χ0) is 22.5. The summed E-state index contributed by atoms with van der Waals surface area (Å²) in [5.74, 6) is -2.77. The fraction of sp³-hybridized carbons (Fsp3) is 0.240. The van der Waals surface area contributed by atoms with E-state index in [1.165, 1.54) is 14.2 Å². The summed E-state index contributed by atoms with van der Waals surface area (Å²) in [6, 6.07) is 13.1. The van der Waals surface area contributed by atoms with Gasteiger partial charge in [-0.1, -0.05) is 42.5 Å². The average Bonchev–Trinajstić information content (AvgIpc) is 2.80. The minimum Gasteiger partial charge on any atom is -0.466 e. The molecule has 0 aliphatic rings. The van der Waals surface area contributed by atoms with E-state index in [4.69, 9.17) is 14.2 Å². The molecule has 3 aromatic carbocycles. The van der Waals surface area contributed by atoms with Crippen molar-refractivity contribution in [2.75, 3.05) is 20.8 Å². The molecule has 0 fully saturated rings. The lowest BCUT2D eigenvalue weighted by Crippen LogP contribution is -2.22. The van der Waals surface area contributed by atoms with Crippen LogP contribution in [0.4, 0.5) is 0 Å². The summed E-state index contributed by atoms with van der Waals surface area (Å²) in [6.45, 7) is 5.62. The molecule has 0 spiro atoms. The Kier molecular flexibility index (Phi) is 6.70. The molecule has 1 unspecified atom stereocenters. The van der Waals surface area contributed by atoms with Crippen molar-refractivity contribution in [2.45, 2.75) is 19.3 Å². The van der Waals surface area contributed by atoms with Crippen LogP contribution in [0.25, 0.3) is 21.5 Å². The zero-order valence-electron chi connectivity index (χ0n) is 17.8. The van der Waals surface area contributed by atoms with Crippen LogP contribution in [0.5, 0.6) is 0 Å². The lowest BCUT2D eigenvalue weighted by atomic mass is 9.84. The molecule has 0 amide bonds. The van der Waals surface area contributed by atoms with Gasteiger partial charge >= 0.3 is 17.9 Å². The summed E-state index contributed by atoms with van der Waals surface area (Å²) in [5, 5.41) is 3.10. The molecule has 0 saturated heterocycles. The largest absolute Gasteiger partial charge is 0.466 e. The van der Waals surface area contributed by atoms with Gasteiger partial charge in [0.15, 0.2) is 0 Å². The van der Waals surface area contributed by atoms with Crippen molar-refractivity contribution in [1.29, 1.82) is 0 Å². The molecule has 0 radical (unpaired) electrons. The van der Waals surface area contributed by atoms with Gasteiger partial charge in [-0.15, -0.1) is 6.58 Å². The Balaban J connectivity index is 2.52. The number of fused-ring (bicyclic) bond motifs is 3. The number of carbonyl (C=O) groups is 3. The van der Waals surface area contributed by atoms with E-state index in [1.807, 2.05) is 30.3 Å². The number of hydrogen-bond acceptors (Lipinski definition) is 6. The van der Waals surface area contributed by atoms with Crippen LogP contribution >= 0.6 is 0 Å². The Morgan fingerprint density at radius 1 is 0.935 bits per heavy atom. The molecule has 6 nitrogen and oxygen atoms in total. The number of benzene rings is 3. The van der Waals surface area contributed by atoms with Gasteiger partial charge in [-0.2, -0.15) is 0 Å². The van der Waals surface area contributed by atoms with Crippen LogP contribution in [0.15, 0.2) is 55.1 Å². The van der Waals surface area contributed by atoms with E-state index in [-0.39, 0.29) is 24.2 Å². The van der Waals surface area contributed by atoms with Crippen LogP contribution in [-0.2, 0) is 19.0 Å². The molecule has 0 heterocycles. The molecule has 160 valence electrons. The molecule has 0 bridgehead atoms.